The fraction of sp³-hybridized carbons (Fsp3) is 0.348. The maximum atomic E-state index is 13.9. The second-order valence-corrected chi connectivity index (χ2v) is 8.51. The number of hydrogen-bond acceptors (Lipinski definition) is 8. The van der Waals surface area contributed by atoms with Crippen molar-refractivity contribution in [2.45, 2.75) is 31.5 Å². The van der Waals surface area contributed by atoms with E-state index in [4.69, 9.17) is 0 Å². The standard InChI is InChI=1S/C23H23F3N8O/c24-23(25,26)16-12-30-22(31-15-4-5-17-14(9-15)10-18(35)32-17)34-20(16)33-19(13-3-1-6-27-11-13)21-28-7-2-8-29-21/h2,4-5,7-9,12-13,19,27H,1,3,6,10-11H2,(H,32,35)(H2,30,31,33,34). The fourth-order valence-electron chi connectivity index (χ4n) is 4.37. The van der Waals surface area contributed by atoms with Crippen molar-refractivity contribution in [2.75, 3.05) is 29.0 Å². The number of carbonyl (C=O) groups is 1. The third-order valence-electron chi connectivity index (χ3n) is 6.04. The lowest BCUT2D eigenvalue weighted by Crippen LogP contribution is -2.37. The molecule has 0 bridgehead atoms. The molecule has 2 aliphatic rings. The summed E-state index contributed by atoms with van der Waals surface area (Å²) >= 11 is 0. The molecule has 5 rings (SSSR count). The van der Waals surface area contributed by atoms with Crippen molar-refractivity contribution >= 4 is 29.0 Å². The Morgan fingerprint density at radius 2 is 1.97 bits per heavy atom. The van der Waals surface area contributed by atoms with E-state index in [9.17, 15) is 18.0 Å². The molecule has 2 aliphatic heterocycles. The molecule has 0 aliphatic carbocycles. The number of benzene rings is 1. The zero-order chi connectivity index (χ0) is 24.4. The molecule has 1 saturated heterocycles. The van der Waals surface area contributed by atoms with Gasteiger partial charge in [0.25, 0.3) is 0 Å². The number of piperidine rings is 1. The van der Waals surface area contributed by atoms with Crippen molar-refractivity contribution in [3.63, 3.8) is 0 Å². The summed E-state index contributed by atoms with van der Waals surface area (Å²) in [5.41, 5.74) is 1.08. The van der Waals surface area contributed by atoms with Gasteiger partial charge in [-0.1, -0.05) is 0 Å². The van der Waals surface area contributed by atoms with E-state index in [2.05, 4.69) is 41.2 Å². The van der Waals surface area contributed by atoms with Crippen LogP contribution in [0.2, 0.25) is 0 Å². The summed E-state index contributed by atoms with van der Waals surface area (Å²) in [7, 11) is 0. The highest BCUT2D eigenvalue weighted by Gasteiger charge is 2.37. The van der Waals surface area contributed by atoms with Gasteiger partial charge in [0.1, 0.15) is 11.4 Å². The van der Waals surface area contributed by atoms with Gasteiger partial charge < -0.3 is 21.3 Å². The van der Waals surface area contributed by atoms with E-state index in [1.54, 1.807) is 36.7 Å². The summed E-state index contributed by atoms with van der Waals surface area (Å²) < 4.78 is 41.6. The minimum Gasteiger partial charge on any atom is -0.359 e. The molecule has 1 aromatic carbocycles. The largest absolute Gasteiger partial charge is 0.421 e. The molecule has 2 aromatic heterocycles. The molecule has 0 radical (unpaired) electrons. The Bertz CT molecular complexity index is 1220. The van der Waals surface area contributed by atoms with E-state index >= 15 is 0 Å². The first-order chi connectivity index (χ1) is 16.9. The molecule has 0 spiro atoms. The Hall–Kier alpha value is -3.80. The zero-order valence-electron chi connectivity index (χ0n) is 18.6. The van der Waals surface area contributed by atoms with Crippen LogP contribution in [0.15, 0.2) is 42.9 Å². The second kappa shape index (κ2) is 9.45. The topological polar surface area (TPSA) is 117 Å². The number of amides is 1. The van der Waals surface area contributed by atoms with Gasteiger partial charge >= 0.3 is 6.18 Å². The second-order valence-electron chi connectivity index (χ2n) is 8.51. The zero-order valence-corrected chi connectivity index (χ0v) is 18.6. The SMILES string of the molecule is O=C1Cc2cc(Nc3ncc(C(F)(F)F)c(NC(c4ncccn4)C4CCCNC4)n3)ccc2N1. The number of carbonyl (C=O) groups excluding carboxylic acids is 1. The summed E-state index contributed by atoms with van der Waals surface area (Å²) in [4.78, 5) is 28.3. The smallest absolute Gasteiger partial charge is 0.359 e. The number of nitrogens with one attached hydrogen (secondary N) is 4. The van der Waals surface area contributed by atoms with Gasteiger partial charge in [0.05, 0.1) is 12.5 Å². The lowest BCUT2D eigenvalue weighted by Gasteiger charge is -2.31. The molecule has 12 heteroatoms. The Kier molecular flexibility index (Phi) is 6.20. The van der Waals surface area contributed by atoms with E-state index < -0.39 is 17.8 Å². The summed E-state index contributed by atoms with van der Waals surface area (Å²) in [6.45, 7) is 1.48. The molecule has 4 N–H and O–H groups in total. The van der Waals surface area contributed by atoms with E-state index in [1.165, 1.54) is 0 Å². The maximum absolute atomic E-state index is 13.9. The first-order valence-corrected chi connectivity index (χ1v) is 11.2. The number of fused-ring (bicyclic) bond motifs is 1. The van der Waals surface area contributed by atoms with Crippen LogP contribution >= 0.6 is 0 Å². The number of anilines is 4. The van der Waals surface area contributed by atoms with Crippen molar-refractivity contribution in [3.8, 4) is 0 Å². The highest BCUT2D eigenvalue weighted by Crippen LogP contribution is 2.37. The summed E-state index contributed by atoms with van der Waals surface area (Å²) in [5.74, 6) is -0.0948. The molecule has 182 valence electrons. The average molecular weight is 484 g/mol. The predicted octanol–water partition coefficient (Wildman–Crippen LogP) is 3.68. The normalized spacial score (nSPS) is 18.5. The van der Waals surface area contributed by atoms with Gasteiger partial charge in [0, 0.05) is 36.5 Å². The Morgan fingerprint density at radius 3 is 2.71 bits per heavy atom. The van der Waals surface area contributed by atoms with Crippen LogP contribution in [0.5, 0.6) is 0 Å². The van der Waals surface area contributed by atoms with Gasteiger partial charge in [0.15, 0.2) is 5.82 Å². The van der Waals surface area contributed by atoms with Crippen LogP contribution in [0.3, 0.4) is 0 Å². The molecular weight excluding hydrogens is 461 g/mol. The Labute approximate surface area is 199 Å². The molecule has 4 heterocycles. The van der Waals surface area contributed by atoms with Crippen molar-refractivity contribution in [3.05, 3.63) is 59.8 Å². The first-order valence-electron chi connectivity index (χ1n) is 11.2. The predicted molar refractivity (Wildman–Crippen MR) is 123 cm³/mol. The third kappa shape index (κ3) is 5.16. The van der Waals surface area contributed by atoms with E-state index in [1.807, 2.05) is 0 Å². The lowest BCUT2D eigenvalue weighted by atomic mass is 9.91. The van der Waals surface area contributed by atoms with Crippen molar-refractivity contribution in [1.82, 2.24) is 25.3 Å². The quantitative estimate of drug-likeness (QED) is 0.419. The number of alkyl halides is 3. The molecule has 9 nitrogen and oxygen atoms in total. The summed E-state index contributed by atoms with van der Waals surface area (Å²) in [6.07, 6.45) is 1.18. The number of rotatable bonds is 6. The van der Waals surface area contributed by atoms with Gasteiger partial charge in [-0.25, -0.2) is 15.0 Å². The maximum Gasteiger partial charge on any atom is 0.421 e. The molecule has 2 unspecified atom stereocenters. The molecule has 0 saturated carbocycles. The minimum atomic E-state index is -4.66. The fourth-order valence-corrected chi connectivity index (χ4v) is 4.37. The van der Waals surface area contributed by atoms with Crippen molar-refractivity contribution < 1.29 is 18.0 Å². The van der Waals surface area contributed by atoms with Crippen LogP contribution < -0.4 is 21.3 Å². The van der Waals surface area contributed by atoms with E-state index in [0.29, 0.717) is 23.7 Å². The van der Waals surface area contributed by atoms with Gasteiger partial charge in [-0.2, -0.15) is 18.2 Å². The van der Waals surface area contributed by atoms with Gasteiger partial charge in [-0.05, 0) is 55.1 Å². The minimum absolute atomic E-state index is 0.00719. The number of aromatic nitrogens is 4. The lowest BCUT2D eigenvalue weighted by molar-refractivity contribution is -0.137. The van der Waals surface area contributed by atoms with E-state index in [-0.39, 0.29) is 30.0 Å². The number of nitrogens with zero attached hydrogens (tertiary/aromatic N) is 4. The Morgan fingerprint density at radius 1 is 1.14 bits per heavy atom. The number of halogens is 3. The van der Waals surface area contributed by atoms with Crippen LogP contribution in [0.25, 0.3) is 0 Å². The highest BCUT2D eigenvalue weighted by atomic mass is 19.4. The Balaban J connectivity index is 1.47. The van der Waals surface area contributed by atoms with Crippen LogP contribution in [-0.2, 0) is 17.4 Å². The monoisotopic (exact) mass is 484 g/mol. The van der Waals surface area contributed by atoms with Crippen LogP contribution in [0, 0.1) is 5.92 Å². The van der Waals surface area contributed by atoms with Crippen LogP contribution in [-0.4, -0.2) is 38.9 Å². The summed E-state index contributed by atoms with van der Waals surface area (Å²) in [6, 6.07) is 6.26. The molecule has 2 atom stereocenters. The van der Waals surface area contributed by atoms with Crippen molar-refractivity contribution in [2.24, 2.45) is 5.92 Å². The average Bonchev–Trinajstić information content (AvgIpc) is 3.22. The highest BCUT2D eigenvalue weighted by molar-refractivity contribution is 5.99. The molecule has 3 aromatic rings. The molecule has 1 fully saturated rings. The van der Waals surface area contributed by atoms with Gasteiger partial charge in [0.2, 0.25) is 11.9 Å². The molecular formula is C23H23F3N8O. The number of hydrogen-bond donors (Lipinski definition) is 4. The first kappa shape index (κ1) is 23.0. The van der Waals surface area contributed by atoms with Crippen molar-refractivity contribution in [1.29, 1.82) is 0 Å². The van der Waals surface area contributed by atoms with Crippen LogP contribution in [0.4, 0.5) is 36.3 Å². The summed E-state index contributed by atoms with van der Waals surface area (Å²) in [5, 5.41) is 12.0. The molecule has 35 heavy (non-hydrogen) atoms. The van der Waals surface area contributed by atoms with Gasteiger partial charge in [-0.3, -0.25) is 4.79 Å². The van der Waals surface area contributed by atoms with Crippen LogP contribution in [0.1, 0.15) is 35.8 Å². The van der Waals surface area contributed by atoms with E-state index in [0.717, 1.165) is 31.1 Å². The third-order valence-corrected chi connectivity index (χ3v) is 6.04. The molecule has 1 amide bonds. The van der Waals surface area contributed by atoms with Gasteiger partial charge in [-0.15, -0.1) is 0 Å².